The topological polar surface area (TPSA) is 80.3 Å². The third-order valence-corrected chi connectivity index (χ3v) is 6.37. The van der Waals surface area contributed by atoms with E-state index in [1.165, 1.54) is 27.6 Å². The third kappa shape index (κ3) is 3.47. The van der Waals surface area contributed by atoms with E-state index in [0.29, 0.717) is 28.9 Å². The summed E-state index contributed by atoms with van der Waals surface area (Å²) in [5, 5.41) is 9.08. The van der Waals surface area contributed by atoms with Crippen LogP contribution in [0, 0.1) is 0 Å². The number of rotatable bonds is 6. The van der Waals surface area contributed by atoms with Crippen LogP contribution in [-0.2, 0) is 24.2 Å². The number of carbonyl (C=O) groups excluding carboxylic acids is 2. The summed E-state index contributed by atoms with van der Waals surface area (Å²) in [5.74, 6) is -0.338. The summed E-state index contributed by atoms with van der Waals surface area (Å²) in [7, 11) is 1.60. The van der Waals surface area contributed by atoms with E-state index in [-0.39, 0.29) is 11.8 Å². The Balaban J connectivity index is 1.56. The quantitative estimate of drug-likeness (QED) is 0.811. The number of thiazole rings is 1. The minimum absolute atomic E-state index is 0.0597. The van der Waals surface area contributed by atoms with Crippen molar-refractivity contribution in [3.8, 4) is 0 Å². The molecule has 1 saturated carbocycles. The van der Waals surface area contributed by atoms with Gasteiger partial charge in [-0.2, -0.15) is 0 Å². The number of aryl methyl sites for hydroxylation is 1. The summed E-state index contributed by atoms with van der Waals surface area (Å²) in [6, 6.07) is 0.295. The first-order valence-electron chi connectivity index (χ1n) is 8.35. The highest BCUT2D eigenvalue weighted by molar-refractivity contribution is 7.17. The van der Waals surface area contributed by atoms with Gasteiger partial charge in [-0.3, -0.25) is 9.59 Å². The molecule has 25 heavy (non-hydrogen) atoms. The molecule has 4 rings (SSSR count). The predicted molar refractivity (Wildman–Crippen MR) is 97.6 cm³/mol. The van der Waals surface area contributed by atoms with Crippen molar-refractivity contribution < 1.29 is 14.3 Å². The number of thiophene rings is 1. The van der Waals surface area contributed by atoms with E-state index in [0.717, 1.165) is 42.7 Å². The molecule has 0 atom stereocenters. The zero-order valence-electron chi connectivity index (χ0n) is 13.9. The SMILES string of the molecule is COCc1nc(C(=O)Nc2sc3c(c2C(=O)NC2CC2)CCC3)cs1. The van der Waals surface area contributed by atoms with Gasteiger partial charge in [0.15, 0.2) is 0 Å². The Morgan fingerprint density at radius 1 is 1.32 bits per heavy atom. The van der Waals surface area contributed by atoms with Crippen LogP contribution in [0.2, 0.25) is 0 Å². The molecule has 1 fully saturated rings. The Kier molecular flexibility index (Phi) is 4.58. The second-order valence-corrected chi connectivity index (χ2v) is 8.37. The highest BCUT2D eigenvalue weighted by atomic mass is 32.1. The molecule has 0 saturated heterocycles. The molecule has 2 aromatic heterocycles. The molecule has 8 heteroatoms. The van der Waals surface area contributed by atoms with Crippen molar-refractivity contribution in [3.63, 3.8) is 0 Å². The second kappa shape index (κ2) is 6.86. The van der Waals surface area contributed by atoms with Crippen molar-refractivity contribution in [1.82, 2.24) is 10.3 Å². The number of nitrogens with one attached hydrogen (secondary N) is 2. The Hall–Kier alpha value is -1.77. The fraction of sp³-hybridized carbons (Fsp3) is 0.471. The number of aromatic nitrogens is 1. The maximum absolute atomic E-state index is 12.7. The largest absolute Gasteiger partial charge is 0.378 e. The average molecular weight is 377 g/mol. The fourth-order valence-electron chi connectivity index (χ4n) is 2.99. The molecule has 2 aromatic rings. The number of hydrogen-bond donors (Lipinski definition) is 2. The summed E-state index contributed by atoms with van der Waals surface area (Å²) in [6.45, 7) is 0.389. The lowest BCUT2D eigenvalue weighted by Crippen LogP contribution is -2.27. The lowest BCUT2D eigenvalue weighted by atomic mass is 10.1. The van der Waals surface area contributed by atoms with Gasteiger partial charge >= 0.3 is 0 Å². The van der Waals surface area contributed by atoms with Crippen LogP contribution in [0.3, 0.4) is 0 Å². The molecule has 2 N–H and O–H groups in total. The highest BCUT2D eigenvalue weighted by Crippen LogP contribution is 2.39. The number of methoxy groups -OCH3 is 1. The molecular weight excluding hydrogens is 358 g/mol. The highest BCUT2D eigenvalue weighted by Gasteiger charge is 2.31. The van der Waals surface area contributed by atoms with E-state index in [1.54, 1.807) is 12.5 Å². The summed E-state index contributed by atoms with van der Waals surface area (Å²) in [6.07, 6.45) is 5.05. The monoisotopic (exact) mass is 377 g/mol. The van der Waals surface area contributed by atoms with Crippen molar-refractivity contribution in [3.05, 3.63) is 32.1 Å². The number of amides is 2. The van der Waals surface area contributed by atoms with Crippen LogP contribution in [0.5, 0.6) is 0 Å². The van der Waals surface area contributed by atoms with Crippen LogP contribution in [0.25, 0.3) is 0 Å². The lowest BCUT2D eigenvalue weighted by Gasteiger charge is -2.08. The van der Waals surface area contributed by atoms with Crippen LogP contribution in [-0.4, -0.2) is 29.9 Å². The van der Waals surface area contributed by atoms with E-state index >= 15 is 0 Å². The van der Waals surface area contributed by atoms with Gasteiger partial charge in [-0.1, -0.05) is 0 Å². The van der Waals surface area contributed by atoms with Gasteiger partial charge in [0.05, 0.1) is 12.2 Å². The lowest BCUT2D eigenvalue weighted by molar-refractivity contribution is 0.0951. The minimum atomic E-state index is -0.279. The Morgan fingerprint density at radius 3 is 2.92 bits per heavy atom. The molecule has 2 aliphatic rings. The van der Waals surface area contributed by atoms with Gasteiger partial charge < -0.3 is 15.4 Å². The zero-order valence-corrected chi connectivity index (χ0v) is 15.5. The van der Waals surface area contributed by atoms with Gasteiger partial charge in [-0.05, 0) is 37.7 Å². The summed E-state index contributed by atoms with van der Waals surface area (Å²) < 4.78 is 5.04. The van der Waals surface area contributed by atoms with E-state index in [9.17, 15) is 9.59 Å². The predicted octanol–water partition coefficient (Wildman–Crippen LogP) is 2.98. The Labute approximate surface area is 153 Å². The number of fused-ring (bicyclic) bond motifs is 1. The van der Waals surface area contributed by atoms with E-state index < -0.39 is 0 Å². The number of carbonyl (C=O) groups is 2. The zero-order chi connectivity index (χ0) is 17.4. The van der Waals surface area contributed by atoms with Crippen LogP contribution < -0.4 is 10.6 Å². The normalized spacial score (nSPS) is 15.9. The molecule has 2 aliphatic carbocycles. The van der Waals surface area contributed by atoms with E-state index in [1.807, 2.05) is 0 Å². The van der Waals surface area contributed by atoms with E-state index in [4.69, 9.17) is 4.74 Å². The first-order chi connectivity index (χ1) is 12.2. The molecule has 0 radical (unpaired) electrons. The molecule has 6 nitrogen and oxygen atoms in total. The van der Waals surface area contributed by atoms with Crippen LogP contribution in [0.15, 0.2) is 5.38 Å². The van der Waals surface area contributed by atoms with Gasteiger partial charge in [0.1, 0.15) is 15.7 Å². The first kappa shape index (κ1) is 16.7. The van der Waals surface area contributed by atoms with Crippen LogP contribution in [0.4, 0.5) is 5.00 Å². The molecule has 0 aliphatic heterocycles. The van der Waals surface area contributed by atoms with E-state index in [2.05, 4.69) is 15.6 Å². The fourth-order valence-corrected chi connectivity index (χ4v) is 5.02. The molecule has 0 spiro atoms. The molecule has 2 heterocycles. The molecular formula is C17H19N3O3S2. The maximum Gasteiger partial charge on any atom is 0.275 e. The number of nitrogens with zero attached hydrogens (tertiary/aromatic N) is 1. The second-order valence-electron chi connectivity index (χ2n) is 6.32. The summed E-state index contributed by atoms with van der Waals surface area (Å²) >= 11 is 2.91. The number of anilines is 1. The third-order valence-electron chi connectivity index (χ3n) is 4.34. The number of ether oxygens (including phenoxy) is 1. The smallest absolute Gasteiger partial charge is 0.275 e. The Bertz CT molecular complexity index is 823. The standard InChI is InChI=1S/C17H19N3O3S2/c1-23-7-13-19-11(8-24-13)15(21)20-17-14(16(22)18-9-5-6-9)10-3-2-4-12(10)25-17/h8-9H,2-7H2,1H3,(H,18,22)(H,20,21). The van der Waals surface area contributed by atoms with Gasteiger partial charge in [-0.25, -0.2) is 4.98 Å². The average Bonchev–Trinajstić information content (AvgIpc) is 2.98. The summed E-state index contributed by atoms with van der Waals surface area (Å²) in [5.41, 5.74) is 2.13. The Morgan fingerprint density at radius 2 is 2.16 bits per heavy atom. The first-order valence-corrected chi connectivity index (χ1v) is 10.1. The van der Waals surface area contributed by atoms with Crippen LogP contribution >= 0.6 is 22.7 Å². The van der Waals surface area contributed by atoms with Gasteiger partial charge in [0, 0.05) is 23.4 Å². The minimum Gasteiger partial charge on any atom is -0.378 e. The number of hydrogen-bond acceptors (Lipinski definition) is 6. The summed E-state index contributed by atoms with van der Waals surface area (Å²) in [4.78, 5) is 30.7. The molecule has 0 aromatic carbocycles. The van der Waals surface area contributed by atoms with Crippen molar-refractivity contribution in [2.24, 2.45) is 0 Å². The van der Waals surface area contributed by atoms with Gasteiger partial charge in [0.2, 0.25) is 0 Å². The molecule has 2 amide bonds. The van der Waals surface area contributed by atoms with Gasteiger partial charge in [0.25, 0.3) is 11.8 Å². The molecule has 0 bridgehead atoms. The van der Waals surface area contributed by atoms with Crippen LogP contribution in [0.1, 0.15) is 55.6 Å². The van der Waals surface area contributed by atoms with Crippen molar-refractivity contribution in [2.45, 2.75) is 44.8 Å². The molecule has 132 valence electrons. The maximum atomic E-state index is 12.7. The van der Waals surface area contributed by atoms with Crippen molar-refractivity contribution in [2.75, 3.05) is 12.4 Å². The molecule has 0 unspecified atom stereocenters. The van der Waals surface area contributed by atoms with Crippen molar-refractivity contribution >= 4 is 39.5 Å². The van der Waals surface area contributed by atoms with Crippen molar-refractivity contribution in [1.29, 1.82) is 0 Å². The van der Waals surface area contributed by atoms with Gasteiger partial charge in [-0.15, -0.1) is 22.7 Å².